The minimum absolute atomic E-state index is 0.288. The average Bonchev–Trinajstić information content (AvgIpc) is 2.64. The van der Waals surface area contributed by atoms with Gasteiger partial charge in [0, 0.05) is 6.20 Å². The Bertz CT molecular complexity index is 539. The predicted octanol–water partition coefficient (Wildman–Crippen LogP) is 2.91. The molecule has 0 unspecified atom stereocenters. The molecule has 1 fully saturated rings. The van der Waals surface area contributed by atoms with Gasteiger partial charge in [-0.05, 0) is 39.3 Å². The Morgan fingerprint density at radius 1 is 1.29 bits per heavy atom. The largest absolute Gasteiger partial charge is 0.487 e. The maximum absolute atomic E-state index is 5.99. The van der Waals surface area contributed by atoms with Crippen molar-refractivity contribution in [3.05, 3.63) is 48.2 Å². The lowest BCUT2D eigenvalue weighted by molar-refractivity contribution is 0.00578. The van der Waals surface area contributed by atoms with Crippen LogP contribution in [0.3, 0.4) is 0 Å². The zero-order chi connectivity index (χ0) is 15.7. The predicted molar refractivity (Wildman–Crippen MR) is 86.5 cm³/mol. The Hall–Kier alpha value is -1.43. The van der Waals surface area contributed by atoms with Crippen molar-refractivity contribution >= 4 is 13.2 Å². The fraction of sp³-hybridized carbons (Fsp3) is 0.438. The van der Waals surface area contributed by atoms with Gasteiger partial charge in [0.2, 0.25) is 0 Å². The first-order valence-corrected chi connectivity index (χ1v) is 7.14. The minimum Gasteiger partial charge on any atom is -0.400 e. The van der Waals surface area contributed by atoms with Crippen LogP contribution in [-0.4, -0.2) is 23.3 Å². The summed E-state index contributed by atoms with van der Waals surface area (Å²) in [7, 11) is -0.372. The van der Waals surface area contributed by atoms with Crippen LogP contribution in [0, 0.1) is 0 Å². The lowest BCUT2D eigenvalue weighted by Gasteiger charge is -2.32. The Morgan fingerprint density at radius 2 is 1.90 bits per heavy atom. The number of hydrogen-bond donors (Lipinski definition) is 1. The van der Waals surface area contributed by atoms with Crippen LogP contribution in [0.15, 0.2) is 37.0 Å². The summed E-state index contributed by atoms with van der Waals surface area (Å²) in [6, 6.07) is 3.56. The molecule has 1 aromatic rings. The van der Waals surface area contributed by atoms with Crippen LogP contribution >= 0.6 is 0 Å². The minimum atomic E-state index is -0.372. The summed E-state index contributed by atoms with van der Waals surface area (Å²) < 4.78 is 11.9. The summed E-state index contributed by atoms with van der Waals surface area (Å²) in [6.45, 7) is 11.8. The van der Waals surface area contributed by atoms with Crippen molar-refractivity contribution in [1.82, 2.24) is 4.98 Å². The molecule has 0 radical (unpaired) electrons. The SMILES string of the molecule is C=C[C@@H](N)c1ncccc1/C=C/B1OC(C)(C)C(C)(C)O1. The second kappa shape index (κ2) is 5.75. The van der Waals surface area contributed by atoms with Crippen molar-refractivity contribution < 1.29 is 9.31 Å². The van der Waals surface area contributed by atoms with Gasteiger partial charge >= 0.3 is 7.12 Å². The number of nitrogens with zero attached hydrogens (tertiary/aromatic N) is 1. The molecule has 1 aliphatic rings. The van der Waals surface area contributed by atoms with E-state index in [9.17, 15) is 0 Å². The van der Waals surface area contributed by atoms with Gasteiger partial charge in [-0.15, -0.1) is 6.58 Å². The molecule has 1 atom stereocenters. The summed E-state index contributed by atoms with van der Waals surface area (Å²) in [5.74, 6) is 1.90. The van der Waals surface area contributed by atoms with Crippen LogP contribution in [0.2, 0.25) is 0 Å². The van der Waals surface area contributed by atoms with Gasteiger partial charge in [-0.3, -0.25) is 4.98 Å². The summed E-state index contributed by atoms with van der Waals surface area (Å²) in [5, 5.41) is 0. The normalized spacial score (nSPS) is 21.7. The number of hydrogen-bond acceptors (Lipinski definition) is 4. The molecule has 1 saturated heterocycles. The van der Waals surface area contributed by atoms with Crippen LogP contribution < -0.4 is 5.73 Å². The first-order chi connectivity index (χ1) is 9.77. The molecular weight excluding hydrogens is 263 g/mol. The van der Waals surface area contributed by atoms with Gasteiger partial charge in [-0.2, -0.15) is 0 Å². The van der Waals surface area contributed by atoms with E-state index in [0.717, 1.165) is 11.3 Å². The van der Waals surface area contributed by atoms with Gasteiger partial charge in [0.25, 0.3) is 0 Å². The summed E-state index contributed by atoms with van der Waals surface area (Å²) in [5.41, 5.74) is 7.05. The van der Waals surface area contributed by atoms with Gasteiger partial charge in [-0.1, -0.05) is 24.2 Å². The van der Waals surface area contributed by atoms with Crippen LogP contribution in [-0.2, 0) is 9.31 Å². The quantitative estimate of drug-likeness (QED) is 0.683. The monoisotopic (exact) mass is 286 g/mol. The Morgan fingerprint density at radius 3 is 2.48 bits per heavy atom. The van der Waals surface area contributed by atoms with Crippen molar-refractivity contribution in [2.45, 2.75) is 44.9 Å². The van der Waals surface area contributed by atoms with Gasteiger partial charge in [0.1, 0.15) is 0 Å². The van der Waals surface area contributed by atoms with Crippen molar-refractivity contribution in [3.63, 3.8) is 0 Å². The third kappa shape index (κ3) is 3.26. The molecule has 1 aromatic heterocycles. The third-order valence-electron chi connectivity index (χ3n) is 4.15. The molecule has 0 aliphatic carbocycles. The topological polar surface area (TPSA) is 57.4 Å². The number of nitrogens with two attached hydrogens (primary N) is 1. The van der Waals surface area contributed by atoms with E-state index in [2.05, 4.69) is 11.6 Å². The molecule has 1 aliphatic heterocycles. The Labute approximate surface area is 127 Å². The maximum atomic E-state index is 5.99. The smallest absolute Gasteiger partial charge is 0.400 e. The van der Waals surface area contributed by atoms with E-state index in [0.29, 0.717) is 0 Å². The van der Waals surface area contributed by atoms with Gasteiger partial charge in [-0.25, -0.2) is 0 Å². The highest BCUT2D eigenvalue weighted by Crippen LogP contribution is 2.37. The van der Waals surface area contributed by atoms with E-state index in [1.165, 1.54) is 0 Å². The fourth-order valence-corrected chi connectivity index (χ4v) is 2.11. The first-order valence-electron chi connectivity index (χ1n) is 7.14. The molecule has 0 spiro atoms. The van der Waals surface area contributed by atoms with Gasteiger partial charge < -0.3 is 15.0 Å². The zero-order valence-electron chi connectivity index (χ0n) is 13.2. The summed E-state index contributed by atoms with van der Waals surface area (Å²) >= 11 is 0. The number of aromatic nitrogens is 1. The van der Waals surface area contributed by atoms with Gasteiger partial charge in [0.15, 0.2) is 0 Å². The fourth-order valence-electron chi connectivity index (χ4n) is 2.11. The molecule has 0 amide bonds. The van der Waals surface area contributed by atoms with E-state index in [4.69, 9.17) is 15.0 Å². The van der Waals surface area contributed by atoms with E-state index in [-0.39, 0.29) is 24.4 Å². The molecule has 5 heteroatoms. The van der Waals surface area contributed by atoms with E-state index >= 15 is 0 Å². The van der Waals surface area contributed by atoms with Crippen LogP contribution in [0.1, 0.15) is 45.0 Å². The summed E-state index contributed by atoms with van der Waals surface area (Å²) in [4.78, 5) is 4.32. The van der Waals surface area contributed by atoms with Crippen molar-refractivity contribution in [2.75, 3.05) is 0 Å². The first kappa shape index (κ1) is 16.0. The highest BCUT2D eigenvalue weighted by Gasteiger charge is 2.50. The lowest BCUT2D eigenvalue weighted by atomic mass is 9.88. The molecule has 21 heavy (non-hydrogen) atoms. The zero-order valence-corrected chi connectivity index (χ0v) is 13.2. The molecule has 112 valence electrons. The highest BCUT2D eigenvalue weighted by molar-refractivity contribution is 6.52. The molecule has 2 rings (SSSR count). The van der Waals surface area contributed by atoms with E-state index in [1.807, 2.05) is 51.9 Å². The molecule has 0 aromatic carbocycles. The van der Waals surface area contributed by atoms with Crippen LogP contribution in [0.4, 0.5) is 0 Å². The maximum Gasteiger partial charge on any atom is 0.487 e. The van der Waals surface area contributed by atoms with Crippen molar-refractivity contribution in [3.8, 4) is 0 Å². The molecule has 2 N–H and O–H groups in total. The number of rotatable bonds is 4. The molecule has 2 heterocycles. The van der Waals surface area contributed by atoms with Crippen molar-refractivity contribution in [2.24, 2.45) is 5.73 Å². The molecule has 4 nitrogen and oxygen atoms in total. The second-order valence-corrected chi connectivity index (χ2v) is 6.22. The van der Waals surface area contributed by atoms with Gasteiger partial charge in [0.05, 0.1) is 22.9 Å². The lowest BCUT2D eigenvalue weighted by Crippen LogP contribution is -2.41. The number of pyridine rings is 1. The third-order valence-corrected chi connectivity index (χ3v) is 4.15. The van der Waals surface area contributed by atoms with Crippen LogP contribution in [0.5, 0.6) is 0 Å². The summed E-state index contributed by atoms with van der Waals surface area (Å²) in [6.07, 6.45) is 5.34. The Kier molecular flexibility index (Phi) is 4.37. The molecular formula is C16H23BN2O2. The standard InChI is InChI=1S/C16H23BN2O2/c1-6-13(18)14-12(8-7-11-19-14)9-10-17-20-15(2,3)16(4,5)21-17/h6-11,13H,1,18H2,2-5H3/b10-9+/t13-/m1/s1. The Balaban J connectivity index is 2.18. The van der Waals surface area contributed by atoms with Crippen molar-refractivity contribution in [1.29, 1.82) is 0 Å². The van der Waals surface area contributed by atoms with E-state index < -0.39 is 0 Å². The average molecular weight is 286 g/mol. The molecule has 0 bridgehead atoms. The van der Waals surface area contributed by atoms with Crippen LogP contribution in [0.25, 0.3) is 6.08 Å². The van der Waals surface area contributed by atoms with E-state index in [1.54, 1.807) is 12.3 Å². The highest BCUT2D eigenvalue weighted by atomic mass is 16.7. The molecule has 0 saturated carbocycles. The second-order valence-electron chi connectivity index (χ2n) is 6.22.